The summed E-state index contributed by atoms with van der Waals surface area (Å²) in [6.45, 7) is 7.99. The van der Waals surface area contributed by atoms with Crippen LogP contribution in [-0.4, -0.2) is 30.4 Å². The number of hydrogen-bond acceptors (Lipinski definition) is 4. The molecular weight excluding hydrogens is 312 g/mol. The van der Waals surface area contributed by atoms with Crippen molar-refractivity contribution >= 4 is 23.8 Å². The Morgan fingerprint density at radius 2 is 2.04 bits per heavy atom. The Morgan fingerprint density at radius 1 is 1.30 bits per heavy atom. The molecule has 1 unspecified atom stereocenters. The molecule has 2 rings (SSSR count). The summed E-state index contributed by atoms with van der Waals surface area (Å²) in [7, 11) is 0. The third kappa shape index (κ3) is 4.28. The number of urea groups is 1. The molecule has 0 fully saturated rings. The topological polar surface area (TPSA) is 67.4 Å². The molecule has 1 aliphatic rings. The molecule has 6 heteroatoms. The lowest BCUT2D eigenvalue weighted by molar-refractivity contribution is -0.138. The van der Waals surface area contributed by atoms with Gasteiger partial charge >= 0.3 is 12.0 Å². The Hall–Kier alpha value is -1.95. The molecule has 0 spiro atoms. The van der Waals surface area contributed by atoms with E-state index < -0.39 is 0 Å². The fourth-order valence-corrected chi connectivity index (χ4v) is 3.32. The van der Waals surface area contributed by atoms with Gasteiger partial charge in [0.05, 0.1) is 18.2 Å². The zero-order valence-electron chi connectivity index (χ0n) is 13.9. The van der Waals surface area contributed by atoms with E-state index >= 15 is 0 Å². The van der Waals surface area contributed by atoms with E-state index in [4.69, 9.17) is 4.74 Å². The molecule has 0 aromatic heterocycles. The number of ether oxygens (including phenoxy) is 1. The molecule has 0 aliphatic carbocycles. The molecular formula is C17H22N2O3S. The Labute approximate surface area is 140 Å². The fraction of sp³-hybridized carbons (Fsp3) is 0.412. The number of benzene rings is 1. The van der Waals surface area contributed by atoms with Crippen LogP contribution in [0.4, 0.5) is 4.79 Å². The van der Waals surface area contributed by atoms with Gasteiger partial charge in [-0.2, -0.15) is 0 Å². The van der Waals surface area contributed by atoms with E-state index in [0.717, 1.165) is 4.90 Å². The largest absolute Gasteiger partial charge is 0.463 e. The van der Waals surface area contributed by atoms with Crippen molar-refractivity contribution in [2.75, 3.05) is 12.4 Å². The van der Waals surface area contributed by atoms with Gasteiger partial charge in [-0.15, -0.1) is 11.8 Å². The number of esters is 1. The van der Waals surface area contributed by atoms with Crippen LogP contribution in [0.1, 0.15) is 25.0 Å². The van der Waals surface area contributed by atoms with Gasteiger partial charge in [0.2, 0.25) is 0 Å². The lowest BCUT2D eigenvalue weighted by Gasteiger charge is -2.26. The maximum atomic E-state index is 12.2. The molecule has 5 nitrogen and oxygen atoms in total. The summed E-state index contributed by atoms with van der Waals surface area (Å²) >= 11 is 1.58. The van der Waals surface area contributed by atoms with Gasteiger partial charge in [-0.05, 0) is 51.0 Å². The Morgan fingerprint density at radius 3 is 2.70 bits per heavy atom. The van der Waals surface area contributed by atoms with Gasteiger partial charge in [-0.3, -0.25) is 0 Å². The standard InChI is InChI=1S/C17H22N2O3S/c1-5-22-16(20)15-12(4)18-17(21)19-14(15)9-23-13-7-6-10(2)11(3)8-13/h6-8,12H,5,9H2,1-4H3,(H2,18,19,21). The van der Waals surface area contributed by atoms with E-state index in [1.165, 1.54) is 11.1 Å². The van der Waals surface area contributed by atoms with Crippen LogP contribution in [0.25, 0.3) is 0 Å². The van der Waals surface area contributed by atoms with Crippen molar-refractivity contribution in [3.63, 3.8) is 0 Å². The molecule has 1 aliphatic heterocycles. The molecule has 2 amide bonds. The zero-order valence-corrected chi connectivity index (χ0v) is 14.7. The van der Waals surface area contributed by atoms with E-state index in [9.17, 15) is 9.59 Å². The Bertz CT molecular complexity index is 655. The van der Waals surface area contributed by atoms with Crippen molar-refractivity contribution in [2.24, 2.45) is 0 Å². The van der Waals surface area contributed by atoms with Gasteiger partial charge in [0, 0.05) is 16.3 Å². The minimum atomic E-state index is -0.386. The summed E-state index contributed by atoms with van der Waals surface area (Å²) in [6.07, 6.45) is 0. The smallest absolute Gasteiger partial charge is 0.337 e. The van der Waals surface area contributed by atoms with E-state index in [-0.39, 0.29) is 18.0 Å². The number of hydrogen-bond donors (Lipinski definition) is 2. The van der Waals surface area contributed by atoms with E-state index in [0.29, 0.717) is 23.6 Å². The molecule has 1 aromatic carbocycles. The zero-order chi connectivity index (χ0) is 17.0. The van der Waals surface area contributed by atoms with Gasteiger partial charge < -0.3 is 15.4 Å². The molecule has 0 saturated heterocycles. The molecule has 0 bridgehead atoms. The second-order valence-corrected chi connectivity index (χ2v) is 6.52. The SMILES string of the molecule is CCOC(=O)C1=C(CSc2ccc(C)c(C)c2)NC(=O)NC1C. The number of nitrogens with one attached hydrogen (secondary N) is 2. The predicted octanol–water partition coefficient (Wildman–Crippen LogP) is 2.91. The Balaban J connectivity index is 2.20. The van der Waals surface area contributed by atoms with E-state index in [1.54, 1.807) is 25.6 Å². The molecule has 1 aromatic rings. The van der Waals surface area contributed by atoms with Crippen molar-refractivity contribution in [2.45, 2.75) is 38.6 Å². The average molecular weight is 334 g/mol. The summed E-state index contributed by atoms with van der Waals surface area (Å²) in [6, 6.07) is 5.57. The van der Waals surface area contributed by atoms with Crippen LogP contribution in [0.3, 0.4) is 0 Å². The normalized spacial score (nSPS) is 17.6. The van der Waals surface area contributed by atoms with Crippen LogP contribution < -0.4 is 10.6 Å². The highest BCUT2D eigenvalue weighted by molar-refractivity contribution is 7.99. The van der Waals surface area contributed by atoms with E-state index in [2.05, 4.69) is 36.6 Å². The molecule has 1 heterocycles. The molecule has 1 atom stereocenters. The third-order valence-corrected chi connectivity index (χ3v) is 4.75. The number of aryl methyl sites for hydroxylation is 2. The van der Waals surface area contributed by atoms with Crippen molar-refractivity contribution in [3.8, 4) is 0 Å². The minimum Gasteiger partial charge on any atom is -0.463 e. The highest BCUT2D eigenvalue weighted by Crippen LogP contribution is 2.25. The summed E-state index contributed by atoms with van der Waals surface area (Å²) in [4.78, 5) is 25.0. The first kappa shape index (κ1) is 17.4. The summed E-state index contributed by atoms with van der Waals surface area (Å²) < 4.78 is 5.11. The monoisotopic (exact) mass is 334 g/mol. The van der Waals surface area contributed by atoms with Crippen LogP contribution >= 0.6 is 11.8 Å². The second-order valence-electron chi connectivity index (χ2n) is 5.47. The average Bonchev–Trinajstić information content (AvgIpc) is 2.48. The molecule has 124 valence electrons. The van der Waals surface area contributed by atoms with Crippen LogP contribution in [0.15, 0.2) is 34.4 Å². The molecule has 23 heavy (non-hydrogen) atoms. The first-order valence-electron chi connectivity index (χ1n) is 7.60. The van der Waals surface area contributed by atoms with Crippen molar-refractivity contribution in [3.05, 3.63) is 40.6 Å². The maximum Gasteiger partial charge on any atom is 0.337 e. The third-order valence-electron chi connectivity index (χ3n) is 3.73. The van der Waals surface area contributed by atoms with Crippen LogP contribution in [0.5, 0.6) is 0 Å². The number of rotatable bonds is 5. The minimum absolute atomic E-state index is 0.291. The second kappa shape index (κ2) is 7.55. The first-order valence-corrected chi connectivity index (χ1v) is 8.58. The van der Waals surface area contributed by atoms with Gasteiger partial charge in [-0.1, -0.05) is 6.07 Å². The van der Waals surface area contributed by atoms with Crippen LogP contribution in [-0.2, 0) is 9.53 Å². The Kier molecular flexibility index (Phi) is 5.71. The van der Waals surface area contributed by atoms with Crippen molar-refractivity contribution in [1.82, 2.24) is 10.6 Å². The number of carbonyl (C=O) groups is 2. The molecule has 2 N–H and O–H groups in total. The highest BCUT2D eigenvalue weighted by Gasteiger charge is 2.29. The summed E-state index contributed by atoms with van der Waals surface area (Å²) in [5.41, 5.74) is 3.56. The van der Waals surface area contributed by atoms with Crippen molar-refractivity contribution in [1.29, 1.82) is 0 Å². The summed E-state index contributed by atoms with van der Waals surface area (Å²) in [5.74, 6) is 0.122. The fourth-order valence-electron chi connectivity index (χ4n) is 2.35. The van der Waals surface area contributed by atoms with Crippen LogP contribution in [0, 0.1) is 13.8 Å². The number of thioether (sulfide) groups is 1. The van der Waals surface area contributed by atoms with Gasteiger partial charge in [-0.25, -0.2) is 9.59 Å². The number of amides is 2. The van der Waals surface area contributed by atoms with E-state index in [1.807, 2.05) is 6.07 Å². The first-order chi connectivity index (χ1) is 10.9. The highest BCUT2D eigenvalue weighted by atomic mass is 32.2. The lowest BCUT2D eigenvalue weighted by atomic mass is 10.1. The van der Waals surface area contributed by atoms with Crippen LogP contribution in [0.2, 0.25) is 0 Å². The maximum absolute atomic E-state index is 12.2. The predicted molar refractivity (Wildman–Crippen MR) is 91.4 cm³/mol. The summed E-state index contributed by atoms with van der Waals surface area (Å²) in [5, 5.41) is 5.44. The quantitative estimate of drug-likeness (QED) is 0.642. The van der Waals surface area contributed by atoms with Gasteiger partial charge in [0.25, 0.3) is 0 Å². The lowest BCUT2D eigenvalue weighted by Crippen LogP contribution is -2.49. The van der Waals surface area contributed by atoms with Crippen molar-refractivity contribution < 1.29 is 14.3 Å². The molecule has 0 radical (unpaired) electrons. The van der Waals surface area contributed by atoms with Gasteiger partial charge in [0.1, 0.15) is 0 Å². The van der Waals surface area contributed by atoms with Gasteiger partial charge in [0.15, 0.2) is 0 Å². The molecule has 0 saturated carbocycles. The number of carbonyl (C=O) groups excluding carboxylic acids is 2.